The van der Waals surface area contributed by atoms with E-state index in [0.717, 1.165) is 12.6 Å². The summed E-state index contributed by atoms with van der Waals surface area (Å²) in [5.74, 6) is -0.836. The van der Waals surface area contributed by atoms with E-state index >= 15 is 0 Å². The second-order valence-electron chi connectivity index (χ2n) is 4.24. The van der Waals surface area contributed by atoms with Gasteiger partial charge in [0.2, 0.25) is 5.91 Å². The summed E-state index contributed by atoms with van der Waals surface area (Å²) in [7, 11) is 0. The Morgan fingerprint density at radius 1 is 1.43 bits per heavy atom. The number of nitrogens with one attached hydrogen (secondary N) is 2. The Morgan fingerprint density at radius 3 is 2.71 bits per heavy atom. The van der Waals surface area contributed by atoms with Crippen LogP contribution in [0.15, 0.2) is 12.3 Å². The predicted molar refractivity (Wildman–Crippen MR) is 75.8 cm³/mol. The lowest BCUT2D eigenvalue weighted by Crippen LogP contribution is -2.28. The molecule has 0 atom stereocenters. The van der Waals surface area contributed by atoms with E-state index in [-0.39, 0.29) is 18.5 Å². The third-order valence-electron chi connectivity index (χ3n) is 2.54. The molecular weight excluding hydrogens is 278 g/mol. The summed E-state index contributed by atoms with van der Waals surface area (Å²) < 4.78 is 0. The van der Waals surface area contributed by atoms with Gasteiger partial charge in [0.15, 0.2) is 0 Å². The van der Waals surface area contributed by atoms with Gasteiger partial charge in [-0.1, -0.05) is 6.92 Å². The van der Waals surface area contributed by atoms with Gasteiger partial charge in [-0.25, -0.2) is 4.98 Å². The number of nitrogens with zero attached hydrogens (tertiary/aromatic N) is 2. The third kappa shape index (κ3) is 5.05. The Bertz CT molecular complexity index is 546. The lowest BCUT2D eigenvalue weighted by Gasteiger charge is -2.08. The zero-order valence-electron chi connectivity index (χ0n) is 11.6. The van der Waals surface area contributed by atoms with Gasteiger partial charge in [0.05, 0.1) is 4.92 Å². The second-order valence-corrected chi connectivity index (χ2v) is 4.24. The van der Waals surface area contributed by atoms with Gasteiger partial charge in [-0.3, -0.25) is 19.7 Å². The number of aromatic nitrogens is 1. The first-order valence-corrected chi connectivity index (χ1v) is 6.40. The van der Waals surface area contributed by atoms with Crippen LogP contribution in [-0.2, 0) is 4.79 Å². The number of nitrogens with two attached hydrogens (primary N) is 1. The van der Waals surface area contributed by atoms with Gasteiger partial charge in [-0.15, -0.1) is 0 Å². The third-order valence-corrected chi connectivity index (χ3v) is 2.54. The van der Waals surface area contributed by atoms with Gasteiger partial charge in [0, 0.05) is 25.6 Å². The molecule has 0 aliphatic carbocycles. The van der Waals surface area contributed by atoms with Crippen molar-refractivity contribution in [3.63, 3.8) is 0 Å². The Labute approximate surface area is 121 Å². The number of rotatable bonds is 8. The first-order chi connectivity index (χ1) is 9.95. The Balaban J connectivity index is 2.91. The molecule has 1 rings (SSSR count). The number of primary amides is 1. The molecule has 9 nitrogen and oxygen atoms in total. The maximum Gasteiger partial charge on any atom is 0.300 e. The van der Waals surface area contributed by atoms with Crippen LogP contribution in [0.25, 0.3) is 0 Å². The van der Waals surface area contributed by atoms with Crippen LogP contribution in [-0.4, -0.2) is 34.8 Å². The molecule has 1 heterocycles. The first-order valence-electron chi connectivity index (χ1n) is 6.40. The minimum atomic E-state index is -0.681. The molecule has 1 aromatic heterocycles. The van der Waals surface area contributed by atoms with E-state index in [2.05, 4.69) is 15.6 Å². The lowest BCUT2D eigenvalue weighted by molar-refractivity contribution is -0.385. The van der Waals surface area contributed by atoms with Gasteiger partial charge < -0.3 is 16.4 Å². The van der Waals surface area contributed by atoms with Crippen LogP contribution in [0.5, 0.6) is 0 Å². The van der Waals surface area contributed by atoms with E-state index in [1.165, 1.54) is 6.07 Å². The van der Waals surface area contributed by atoms with E-state index in [1.54, 1.807) is 0 Å². The van der Waals surface area contributed by atoms with Crippen LogP contribution in [0, 0.1) is 10.1 Å². The molecule has 0 unspecified atom stereocenters. The molecule has 0 aromatic carbocycles. The molecule has 0 radical (unpaired) electrons. The molecule has 21 heavy (non-hydrogen) atoms. The largest absolute Gasteiger partial charge is 0.370 e. The number of nitro groups is 1. The molecule has 0 fully saturated rings. The van der Waals surface area contributed by atoms with Crippen LogP contribution in [0.1, 0.15) is 30.1 Å². The van der Waals surface area contributed by atoms with Crippen LogP contribution in [0.3, 0.4) is 0 Å². The number of carbonyl (C=O) groups excluding carboxylic acids is 2. The Hall–Kier alpha value is -2.71. The van der Waals surface area contributed by atoms with Crippen LogP contribution >= 0.6 is 0 Å². The maximum absolute atomic E-state index is 12.0. The number of anilines is 1. The molecule has 0 saturated heterocycles. The number of pyridine rings is 1. The first kappa shape index (κ1) is 16.3. The summed E-state index contributed by atoms with van der Waals surface area (Å²) >= 11 is 0. The molecule has 1 aromatic rings. The van der Waals surface area contributed by atoms with Crippen molar-refractivity contribution >= 4 is 23.3 Å². The highest BCUT2D eigenvalue weighted by Crippen LogP contribution is 2.20. The molecule has 114 valence electrons. The fourth-order valence-electron chi connectivity index (χ4n) is 1.52. The van der Waals surface area contributed by atoms with E-state index in [9.17, 15) is 19.7 Å². The predicted octanol–water partition coefficient (Wildman–Crippen LogP) is 0.417. The van der Waals surface area contributed by atoms with E-state index in [0.29, 0.717) is 12.4 Å². The van der Waals surface area contributed by atoms with Gasteiger partial charge in [0.25, 0.3) is 11.6 Å². The smallest absolute Gasteiger partial charge is 0.300 e. The van der Waals surface area contributed by atoms with E-state index < -0.39 is 22.4 Å². The van der Waals surface area contributed by atoms with Gasteiger partial charge in [0.1, 0.15) is 17.6 Å². The highest BCUT2D eigenvalue weighted by atomic mass is 16.6. The normalized spacial score (nSPS) is 9.95. The van der Waals surface area contributed by atoms with Crippen LogP contribution < -0.4 is 16.4 Å². The molecule has 0 saturated carbocycles. The standard InChI is InChI=1S/C12H17N5O4/c1-2-4-14-11-6-8(9(7-16-11)17(20)21)12(19)15-5-3-10(13)18/h6-7H,2-5H2,1H3,(H2,13,18)(H,14,16)(H,15,19). The molecule has 0 bridgehead atoms. The van der Waals surface area contributed by atoms with Crippen molar-refractivity contribution in [2.24, 2.45) is 5.73 Å². The fourth-order valence-corrected chi connectivity index (χ4v) is 1.52. The average molecular weight is 295 g/mol. The molecule has 4 N–H and O–H groups in total. The maximum atomic E-state index is 12.0. The molecule has 9 heteroatoms. The summed E-state index contributed by atoms with van der Waals surface area (Å²) in [4.78, 5) is 36.7. The lowest BCUT2D eigenvalue weighted by atomic mass is 10.2. The fraction of sp³-hybridized carbons (Fsp3) is 0.417. The highest BCUT2D eigenvalue weighted by molar-refractivity contribution is 5.98. The Morgan fingerprint density at radius 2 is 2.14 bits per heavy atom. The van der Waals surface area contributed by atoms with E-state index in [1.807, 2.05) is 6.92 Å². The monoisotopic (exact) mass is 295 g/mol. The quantitative estimate of drug-likeness (QED) is 0.469. The average Bonchev–Trinajstić information content (AvgIpc) is 2.44. The van der Waals surface area contributed by atoms with Crippen molar-refractivity contribution in [3.8, 4) is 0 Å². The summed E-state index contributed by atoms with van der Waals surface area (Å²) in [5.41, 5.74) is 4.45. The highest BCUT2D eigenvalue weighted by Gasteiger charge is 2.21. The molecular formula is C12H17N5O4. The van der Waals surface area contributed by atoms with Gasteiger partial charge in [-0.2, -0.15) is 0 Å². The van der Waals surface area contributed by atoms with Gasteiger partial charge >= 0.3 is 0 Å². The topological polar surface area (TPSA) is 140 Å². The number of carbonyl (C=O) groups is 2. The summed E-state index contributed by atoms with van der Waals surface area (Å²) in [6.07, 6.45) is 1.84. The SMILES string of the molecule is CCCNc1cc(C(=O)NCCC(N)=O)c([N+](=O)[O-])cn1. The number of hydrogen-bond donors (Lipinski definition) is 3. The second kappa shape index (κ2) is 7.78. The van der Waals surface area contributed by atoms with Crippen LogP contribution in [0.4, 0.5) is 11.5 Å². The van der Waals surface area contributed by atoms with Crippen molar-refractivity contribution in [1.29, 1.82) is 0 Å². The molecule has 0 spiro atoms. The number of hydrogen-bond acceptors (Lipinski definition) is 6. The van der Waals surface area contributed by atoms with Crippen molar-refractivity contribution in [2.45, 2.75) is 19.8 Å². The van der Waals surface area contributed by atoms with Crippen molar-refractivity contribution in [2.75, 3.05) is 18.4 Å². The minimum absolute atomic E-state index is 0.0192. The zero-order valence-corrected chi connectivity index (χ0v) is 11.6. The molecule has 0 aliphatic heterocycles. The minimum Gasteiger partial charge on any atom is -0.370 e. The summed E-state index contributed by atoms with van der Waals surface area (Å²) in [6, 6.07) is 1.31. The van der Waals surface area contributed by atoms with E-state index in [4.69, 9.17) is 5.73 Å². The molecule has 0 aliphatic rings. The van der Waals surface area contributed by atoms with Crippen molar-refractivity contribution in [3.05, 3.63) is 27.9 Å². The Kier molecular flexibility index (Phi) is 6.05. The zero-order chi connectivity index (χ0) is 15.8. The van der Waals surface area contributed by atoms with Crippen molar-refractivity contribution in [1.82, 2.24) is 10.3 Å². The number of amides is 2. The van der Waals surface area contributed by atoms with Gasteiger partial charge in [-0.05, 0) is 6.42 Å². The summed E-state index contributed by atoms with van der Waals surface area (Å²) in [5, 5.41) is 16.3. The van der Waals surface area contributed by atoms with Crippen molar-refractivity contribution < 1.29 is 14.5 Å². The van der Waals surface area contributed by atoms with Crippen LogP contribution in [0.2, 0.25) is 0 Å². The summed E-state index contributed by atoms with van der Waals surface area (Å²) in [6.45, 7) is 2.61. The molecule has 2 amide bonds.